The van der Waals surface area contributed by atoms with Gasteiger partial charge in [-0.15, -0.1) is 0 Å². The molecule has 6 heteroatoms. The smallest absolute Gasteiger partial charge is 0.196 e. The Kier molecular flexibility index (Phi) is 4.10. The second-order valence-corrected chi connectivity index (χ2v) is 8.36. The summed E-state index contributed by atoms with van der Waals surface area (Å²) >= 11 is 0. The molecule has 3 N–H and O–H groups in total. The Hall–Kier alpha value is -2.21. The fourth-order valence-electron chi connectivity index (χ4n) is 3.99. The molecule has 0 radical (unpaired) electrons. The molecule has 0 unspecified atom stereocenters. The first-order chi connectivity index (χ1) is 12.3. The number of guanidine groups is 1. The van der Waals surface area contributed by atoms with Crippen LogP contribution in [-0.2, 0) is 4.79 Å². The number of halogens is 1. The maximum atomic E-state index is 13.3. The van der Waals surface area contributed by atoms with Crippen molar-refractivity contribution in [1.82, 2.24) is 10.6 Å². The van der Waals surface area contributed by atoms with Crippen LogP contribution in [0.2, 0.25) is 0 Å². The summed E-state index contributed by atoms with van der Waals surface area (Å²) in [4.78, 5) is 17.6. The summed E-state index contributed by atoms with van der Waals surface area (Å²) in [6.07, 6.45) is 2.38. The molecule has 0 aromatic heterocycles. The summed E-state index contributed by atoms with van der Waals surface area (Å²) in [5.74, 6) is 0.416. The van der Waals surface area contributed by atoms with Crippen molar-refractivity contribution < 1.29 is 14.3 Å². The van der Waals surface area contributed by atoms with Gasteiger partial charge in [-0.2, -0.15) is 0 Å². The maximum absolute atomic E-state index is 13.3. The summed E-state index contributed by atoms with van der Waals surface area (Å²) in [6, 6.07) is 5.94. The molecule has 1 fully saturated rings. The van der Waals surface area contributed by atoms with Crippen molar-refractivity contribution in [2.24, 2.45) is 10.4 Å². The van der Waals surface area contributed by atoms with Gasteiger partial charge < -0.3 is 15.7 Å². The highest BCUT2D eigenvalue weighted by Gasteiger charge is 2.40. The van der Waals surface area contributed by atoms with Gasteiger partial charge in [0.15, 0.2) is 11.7 Å². The van der Waals surface area contributed by atoms with E-state index in [4.69, 9.17) is 4.99 Å². The second-order valence-electron chi connectivity index (χ2n) is 8.36. The van der Waals surface area contributed by atoms with Gasteiger partial charge in [0, 0.05) is 23.7 Å². The zero-order chi connectivity index (χ0) is 18.5. The molecule has 4 rings (SSSR count). The topological polar surface area (TPSA) is 73.7 Å². The van der Waals surface area contributed by atoms with Gasteiger partial charge in [0.05, 0.1) is 6.10 Å². The third-order valence-corrected chi connectivity index (χ3v) is 5.36. The Morgan fingerprint density at radius 1 is 1.23 bits per heavy atom. The van der Waals surface area contributed by atoms with Gasteiger partial charge in [-0.05, 0) is 42.4 Å². The third-order valence-electron chi connectivity index (χ3n) is 5.36. The summed E-state index contributed by atoms with van der Waals surface area (Å²) in [6.45, 7) is 4.18. The molecule has 138 valence electrons. The van der Waals surface area contributed by atoms with Crippen LogP contribution in [0, 0.1) is 11.2 Å². The summed E-state index contributed by atoms with van der Waals surface area (Å²) in [5, 5.41) is 16.1. The van der Waals surface area contributed by atoms with E-state index in [9.17, 15) is 14.3 Å². The zero-order valence-electron chi connectivity index (χ0n) is 15.1. The highest BCUT2D eigenvalue weighted by molar-refractivity contribution is 6.01. The SMILES string of the molecule is CC1(C)CC(=O)C2=C(C1)NC(NC1CC(O)C1)=N[C@H]2c1ccc(F)cc1. The van der Waals surface area contributed by atoms with Crippen LogP contribution >= 0.6 is 0 Å². The Bertz CT molecular complexity index is 792. The van der Waals surface area contributed by atoms with Gasteiger partial charge in [-0.3, -0.25) is 4.79 Å². The minimum Gasteiger partial charge on any atom is -0.393 e. The number of aliphatic imine (C=N–C) groups is 1. The highest BCUT2D eigenvalue weighted by atomic mass is 19.1. The number of rotatable bonds is 2. The van der Waals surface area contributed by atoms with Crippen LogP contribution in [0.5, 0.6) is 0 Å². The van der Waals surface area contributed by atoms with Crippen molar-refractivity contribution >= 4 is 11.7 Å². The molecule has 1 aromatic rings. The normalized spacial score (nSPS) is 30.1. The lowest BCUT2D eigenvalue weighted by Gasteiger charge is -2.39. The number of nitrogens with zero attached hydrogens (tertiary/aromatic N) is 1. The van der Waals surface area contributed by atoms with Gasteiger partial charge >= 0.3 is 0 Å². The lowest BCUT2D eigenvalue weighted by Crippen LogP contribution is -2.53. The van der Waals surface area contributed by atoms with Crippen LogP contribution < -0.4 is 10.6 Å². The van der Waals surface area contributed by atoms with E-state index in [2.05, 4.69) is 24.5 Å². The van der Waals surface area contributed by atoms with Crippen LogP contribution in [0.15, 0.2) is 40.5 Å². The molecule has 1 aromatic carbocycles. The minimum atomic E-state index is -0.428. The van der Waals surface area contributed by atoms with E-state index in [0.717, 1.165) is 17.7 Å². The van der Waals surface area contributed by atoms with Gasteiger partial charge in [0.1, 0.15) is 11.9 Å². The molecule has 3 aliphatic rings. The molecule has 1 aliphatic heterocycles. The molecule has 0 spiro atoms. The van der Waals surface area contributed by atoms with Crippen molar-refractivity contribution in [1.29, 1.82) is 0 Å². The van der Waals surface area contributed by atoms with Gasteiger partial charge in [-0.1, -0.05) is 26.0 Å². The first-order valence-corrected chi connectivity index (χ1v) is 9.12. The highest BCUT2D eigenvalue weighted by Crippen LogP contribution is 2.42. The van der Waals surface area contributed by atoms with Gasteiger partial charge in [-0.25, -0.2) is 9.38 Å². The van der Waals surface area contributed by atoms with Crippen molar-refractivity contribution in [3.63, 3.8) is 0 Å². The monoisotopic (exact) mass is 357 g/mol. The number of aliphatic hydroxyl groups is 1. The van der Waals surface area contributed by atoms with Crippen molar-refractivity contribution in [2.45, 2.75) is 57.7 Å². The van der Waals surface area contributed by atoms with Crippen LogP contribution in [-0.4, -0.2) is 29.0 Å². The number of aliphatic hydroxyl groups excluding tert-OH is 1. The van der Waals surface area contributed by atoms with E-state index in [-0.39, 0.29) is 29.2 Å². The number of benzene rings is 1. The average Bonchev–Trinajstić information content (AvgIpc) is 2.52. The lowest BCUT2D eigenvalue weighted by atomic mass is 9.73. The van der Waals surface area contributed by atoms with E-state index in [1.807, 2.05) is 0 Å². The number of carbonyl (C=O) groups is 1. The Balaban J connectivity index is 1.68. The molecule has 5 nitrogen and oxygen atoms in total. The van der Waals surface area contributed by atoms with Gasteiger partial charge in [0.2, 0.25) is 0 Å². The number of ketones is 1. The first-order valence-electron chi connectivity index (χ1n) is 9.12. The van der Waals surface area contributed by atoms with Crippen LogP contribution in [0.25, 0.3) is 0 Å². The molecule has 1 saturated carbocycles. The number of hydrogen-bond acceptors (Lipinski definition) is 5. The molecule has 26 heavy (non-hydrogen) atoms. The predicted octanol–water partition coefficient (Wildman–Crippen LogP) is 2.58. The Morgan fingerprint density at radius 3 is 2.58 bits per heavy atom. The number of Topliss-reactive ketones (excluding diaryl/α,β-unsaturated/α-hetero) is 1. The molecule has 0 amide bonds. The van der Waals surface area contributed by atoms with E-state index < -0.39 is 6.04 Å². The molecule has 1 atom stereocenters. The quantitative estimate of drug-likeness (QED) is 0.761. The molecule has 1 heterocycles. The summed E-state index contributed by atoms with van der Waals surface area (Å²) < 4.78 is 13.3. The van der Waals surface area contributed by atoms with E-state index in [1.54, 1.807) is 12.1 Å². The maximum Gasteiger partial charge on any atom is 0.196 e. The summed E-state index contributed by atoms with van der Waals surface area (Å²) in [5.41, 5.74) is 2.29. The Morgan fingerprint density at radius 2 is 1.92 bits per heavy atom. The number of carbonyl (C=O) groups excluding carboxylic acids is 1. The molecule has 0 bridgehead atoms. The second kappa shape index (κ2) is 6.20. The lowest BCUT2D eigenvalue weighted by molar-refractivity contribution is -0.118. The molecule has 2 aliphatic carbocycles. The predicted molar refractivity (Wildman–Crippen MR) is 96.9 cm³/mol. The number of nitrogens with one attached hydrogen (secondary N) is 2. The molecular formula is C20H24FN3O2. The fourth-order valence-corrected chi connectivity index (χ4v) is 3.99. The largest absolute Gasteiger partial charge is 0.393 e. The Labute approximate surface area is 152 Å². The summed E-state index contributed by atoms with van der Waals surface area (Å²) in [7, 11) is 0. The van der Waals surface area contributed by atoms with E-state index in [1.165, 1.54) is 12.1 Å². The first kappa shape index (κ1) is 17.2. The molecule has 0 saturated heterocycles. The van der Waals surface area contributed by atoms with E-state index >= 15 is 0 Å². The van der Waals surface area contributed by atoms with Crippen LogP contribution in [0.1, 0.15) is 51.1 Å². The van der Waals surface area contributed by atoms with Crippen molar-refractivity contribution in [3.8, 4) is 0 Å². The molecular weight excluding hydrogens is 333 g/mol. The van der Waals surface area contributed by atoms with Gasteiger partial charge in [0.25, 0.3) is 0 Å². The third kappa shape index (κ3) is 3.26. The van der Waals surface area contributed by atoms with Crippen molar-refractivity contribution in [2.75, 3.05) is 0 Å². The number of allylic oxidation sites excluding steroid dienone is 1. The van der Waals surface area contributed by atoms with E-state index in [0.29, 0.717) is 30.8 Å². The van der Waals surface area contributed by atoms with Crippen molar-refractivity contribution in [3.05, 3.63) is 46.9 Å². The van der Waals surface area contributed by atoms with Crippen LogP contribution in [0.4, 0.5) is 4.39 Å². The number of hydrogen-bond donors (Lipinski definition) is 3. The standard InChI is InChI=1S/C20H24FN3O2/c1-20(2)9-15-17(16(26)10-20)18(11-3-5-12(21)6-4-11)24-19(23-15)22-13-7-14(25)8-13/h3-6,13-14,18,25H,7-10H2,1-2H3,(H2,22,23,24)/t13?,14?,18-/m0/s1. The minimum absolute atomic E-state index is 0.0972. The zero-order valence-corrected chi connectivity index (χ0v) is 15.1. The average molecular weight is 357 g/mol. The fraction of sp³-hybridized carbons (Fsp3) is 0.500. The van der Waals surface area contributed by atoms with Crippen LogP contribution in [0.3, 0.4) is 0 Å².